The third kappa shape index (κ3) is 3.68. The molecule has 17 heavy (non-hydrogen) atoms. The topological polar surface area (TPSA) is 41.6 Å². The van der Waals surface area contributed by atoms with Gasteiger partial charge >= 0.3 is 0 Å². The zero-order chi connectivity index (χ0) is 12.3. The van der Waals surface area contributed by atoms with Crippen LogP contribution in [0.2, 0.25) is 0 Å². The lowest BCUT2D eigenvalue weighted by atomic mass is 10.0. The van der Waals surface area contributed by atoms with E-state index >= 15 is 0 Å². The van der Waals surface area contributed by atoms with Gasteiger partial charge < -0.3 is 15.0 Å². The van der Waals surface area contributed by atoms with Crippen LogP contribution in [0.5, 0.6) is 0 Å². The molecular formula is C13H24N2O2. The quantitative estimate of drug-likeness (QED) is 0.800. The second-order valence-corrected chi connectivity index (χ2v) is 5.82. The summed E-state index contributed by atoms with van der Waals surface area (Å²) in [5.74, 6) is 1.00. The number of nitrogens with zero attached hydrogens (tertiary/aromatic N) is 1. The number of carbonyl (C=O) groups is 1. The molecule has 2 aliphatic rings. The van der Waals surface area contributed by atoms with Gasteiger partial charge in [0.05, 0.1) is 12.2 Å². The van der Waals surface area contributed by atoms with Crippen LogP contribution in [0.4, 0.5) is 0 Å². The highest BCUT2D eigenvalue weighted by atomic mass is 16.5. The molecule has 0 radical (unpaired) electrons. The number of carbonyl (C=O) groups excluding carboxylic acids is 1. The van der Waals surface area contributed by atoms with Gasteiger partial charge in [0.25, 0.3) is 0 Å². The Morgan fingerprint density at radius 1 is 1.53 bits per heavy atom. The molecule has 2 rings (SSSR count). The maximum absolute atomic E-state index is 12.1. The monoisotopic (exact) mass is 240 g/mol. The molecule has 2 aliphatic heterocycles. The van der Waals surface area contributed by atoms with E-state index in [0.29, 0.717) is 24.9 Å². The van der Waals surface area contributed by atoms with Crippen LogP contribution in [-0.2, 0) is 9.53 Å². The van der Waals surface area contributed by atoms with E-state index in [0.717, 1.165) is 32.6 Å². The molecule has 0 aromatic heterocycles. The molecule has 0 aliphatic carbocycles. The van der Waals surface area contributed by atoms with Gasteiger partial charge in [-0.3, -0.25) is 4.79 Å². The van der Waals surface area contributed by atoms with Gasteiger partial charge in [0, 0.05) is 19.5 Å². The number of rotatable bonds is 3. The van der Waals surface area contributed by atoms with Crippen LogP contribution in [0.3, 0.4) is 0 Å². The number of hydrogen-bond donors (Lipinski definition) is 1. The standard InChI is InChI=1S/C13H24N2O2/c1-13(2)10-15(7-8-17-13)12(16)4-3-11-5-6-14-9-11/h11,14H,3-10H2,1-2H3. The van der Waals surface area contributed by atoms with E-state index in [2.05, 4.69) is 5.32 Å². The highest BCUT2D eigenvalue weighted by Crippen LogP contribution is 2.19. The largest absolute Gasteiger partial charge is 0.372 e. The first kappa shape index (κ1) is 12.8. The van der Waals surface area contributed by atoms with E-state index in [9.17, 15) is 4.79 Å². The lowest BCUT2D eigenvalue weighted by molar-refractivity contribution is -0.146. The number of nitrogens with one attached hydrogen (secondary N) is 1. The third-order valence-electron chi connectivity index (χ3n) is 3.71. The molecule has 0 aromatic rings. The van der Waals surface area contributed by atoms with Crippen LogP contribution in [0.25, 0.3) is 0 Å². The normalized spacial score (nSPS) is 28.4. The minimum Gasteiger partial charge on any atom is -0.372 e. The van der Waals surface area contributed by atoms with Crippen LogP contribution in [0.1, 0.15) is 33.1 Å². The van der Waals surface area contributed by atoms with Crippen molar-refractivity contribution >= 4 is 5.91 Å². The summed E-state index contributed by atoms with van der Waals surface area (Å²) >= 11 is 0. The minimum atomic E-state index is -0.178. The summed E-state index contributed by atoms with van der Waals surface area (Å²) < 4.78 is 5.62. The highest BCUT2D eigenvalue weighted by molar-refractivity contribution is 5.76. The summed E-state index contributed by atoms with van der Waals surface area (Å²) in [5, 5.41) is 3.34. The predicted molar refractivity (Wildman–Crippen MR) is 66.8 cm³/mol. The highest BCUT2D eigenvalue weighted by Gasteiger charge is 2.30. The van der Waals surface area contributed by atoms with E-state index in [4.69, 9.17) is 4.74 Å². The molecule has 2 saturated heterocycles. The van der Waals surface area contributed by atoms with E-state index < -0.39 is 0 Å². The van der Waals surface area contributed by atoms with Crippen LogP contribution in [0.15, 0.2) is 0 Å². The Bertz CT molecular complexity index is 273. The van der Waals surface area contributed by atoms with Crippen LogP contribution < -0.4 is 5.32 Å². The van der Waals surface area contributed by atoms with Gasteiger partial charge in [-0.25, -0.2) is 0 Å². The molecule has 98 valence electrons. The van der Waals surface area contributed by atoms with E-state index in [1.165, 1.54) is 6.42 Å². The summed E-state index contributed by atoms with van der Waals surface area (Å²) in [7, 11) is 0. The lowest BCUT2D eigenvalue weighted by Crippen LogP contribution is -2.50. The average molecular weight is 240 g/mol. The summed E-state index contributed by atoms with van der Waals surface area (Å²) in [6.45, 7) is 8.45. The van der Waals surface area contributed by atoms with Gasteiger partial charge in [-0.05, 0) is 45.7 Å². The number of ether oxygens (including phenoxy) is 1. The molecule has 1 amide bonds. The first-order chi connectivity index (χ1) is 8.07. The Labute approximate surface area is 104 Å². The third-order valence-corrected chi connectivity index (χ3v) is 3.71. The minimum absolute atomic E-state index is 0.178. The van der Waals surface area contributed by atoms with Crippen molar-refractivity contribution in [1.29, 1.82) is 0 Å². The van der Waals surface area contributed by atoms with E-state index in [1.807, 2.05) is 18.7 Å². The summed E-state index contributed by atoms with van der Waals surface area (Å²) in [6.07, 6.45) is 2.95. The van der Waals surface area contributed by atoms with Crippen molar-refractivity contribution in [2.45, 2.75) is 38.7 Å². The molecule has 0 bridgehead atoms. The summed E-state index contributed by atoms with van der Waals surface area (Å²) in [4.78, 5) is 14.1. The van der Waals surface area contributed by atoms with Crippen molar-refractivity contribution in [2.75, 3.05) is 32.8 Å². The van der Waals surface area contributed by atoms with Gasteiger partial charge in [-0.1, -0.05) is 0 Å². The van der Waals surface area contributed by atoms with Crippen molar-refractivity contribution < 1.29 is 9.53 Å². The number of morpholine rings is 1. The average Bonchev–Trinajstić information content (AvgIpc) is 2.77. The van der Waals surface area contributed by atoms with Crippen molar-refractivity contribution in [3.63, 3.8) is 0 Å². The molecule has 0 spiro atoms. The molecule has 2 heterocycles. The van der Waals surface area contributed by atoms with Crippen molar-refractivity contribution in [3.8, 4) is 0 Å². The predicted octanol–water partition coefficient (Wildman–Crippen LogP) is 1.01. The molecule has 4 nitrogen and oxygen atoms in total. The first-order valence-electron chi connectivity index (χ1n) is 6.69. The Morgan fingerprint density at radius 2 is 2.35 bits per heavy atom. The molecule has 1 N–H and O–H groups in total. The zero-order valence-electron chi connectivity index (χ0n) is 11.0. The van der Waals surface area contributed by atoms with E-state index in [-0.39, 0.29) is 5.60 Å². The fourth-order valence-corrected chi connectivity index (χ4v) is 2.68. The molecule has 1 atom stereocenters. The second kappa shape index (κ2) is 5.36. The fourth-order valence-electron chi connectivity index (χ4n) is 2.68. The Kier molecular flexibility index (Phi) is 4.05. The lowest BCUT2D eigenvalue weighted by Gasteiger charge is -2.38. The zero-order valence-corrected chi connectivity index (χ0v) is 11.0. The van der Waals surface area contributed by atoms with Crippen molar-refractivity contribution in [1.82, 2.24) is 10.2 Å². The van der Waals surface area contributed by atoms with Gasteiger partial charge in [0.1, 0.15) is 0 Å². The molecule has 0 saturated carbocycles. The van der Waals surface area contributed by atoms with Crippen LogP contribution in [0, 0.1) is 5.92 Å². The van der Waals surface area contributed by atoms with Crippen LogP contribution >= 0.6 is 0 Å². The Morgan fingerprint density at radius 3 is 3.00 bits per heavy atom. The van der Waals surface area contributed by atoms with Crippen LogP contribution in [-0.4, -0.2) is 49.2 Å². The SMILES string of the molecule is CC1(C)CN(C(=O)CCC2CCNC2)CCO1. The summed E-state index contributed by atoms with van der Waals surface area (Å²) in [5.41, 5.74) is -0.178. The molecule has 4 heteroatoms. The molecular weight excluding hydrogens is 216 g/mol. The van der Waals surface area contributed by atoms with Gasteiger partial charge in [-0.15, -0.1) is 0 Å². The van der Waals surface area contributed by atoms with Crippen molar-refractivity contribution in [3.05, 3.63) is 0 Å². The smallest absolute Gasteiger partial charge is 0.222 e. The van der Waals surface area contributed by atoms with Gasteiger partial charge in [-0.2, -0.15) is 0 Å². The molecule has 2 fully saturated rings. The maximum Gasteiger partial charge on any atom is 0.222 e. The van der Waals surface area contributed by atoms with Crippen molar-refractivity contribution in [2.24, 2.45) is 5.92 Å². The Balaban J connectivity index is 1.75. The molecule has 0 aromatic carbocycles. The Hall–Kier alpha value is -0.610. The molecule has 1 unspecified atom stereocenters. The number of hydrogen-bond acceptors (Lipinski definition) is 3. The number of amides is 1. The van der Waals surface area contributed by atoms with Gasteiger partial charge in [0.2, 0.25) is 5.91 Å². The van der Waals surface area contributed by atoms with E-state index in [1.54, 1.807) is 0 Å². The fraction of sp³-hybridized carbons (Fsp3) is 0.923. The first-order valence-corrected chi connectivity index (χ1v) is 6.69. The maximum atomic E-state index is 12.1. The summed E-state index contributed by atoms with van der Waals surface area (Å²) in [6, 6.07) is 0. The van der Waals surface area contributed by atoms with Gasteiger partial charge in [0.15, 0.2) is 0 Å². The second-order valence-electron chi connectivity index (χ2n) is 5.82.